The molecule has 8 heteroatoms. The lowest BCUT2D eigenvalue weighted by Gasteiger charge is -2.19. The minimum Gasteiger partial charge on any atom is -0.425 e. The van der Waals surface area contributed by atoms with Crippen molar-refractivity contribution in [1.29, 1.82) is 0 Å². The maximum Gasteiger partial charge on any atom is 0.328 e. The summed E-state index contributed by atoms with van der Waals surface area (Å²) < 4.78 is 10.7. The van der Waals surface area contributed by atoms with Gasteiger partial charge in [-0.25, -0.2) is 9.59 Å². The molecule has 2 atom stereocenters. The van der Waals surface area contributed by atoms with Gasteiger partial charge < -0.3 is 20.1 Å². The van der Waals surface area contributed by atoms with Crippen LogP contribution in [-0.4, -0.2) is 38.1 Å². The maximum atomic E-state index is 12.1. The van der Waals surface area contributed by atoms with Crippen LogP contribution in [-0.2, 0) is 9.59 Å². The lowest BCUT2D eigenvalue weighted by molar-refractivity contribution is -0.138. The van der Waals surface area contributed by atoms with Crippen LogP contribution in [0.1, 0.15) is 27.7 Å². The summed E-state index contributed by atoms with van der Waals surface area (Å²) in [6.45, 7) is 7.77. The Morgan fingerprint density at radius 2 is 1.00 bits per heavy atom. The van der Waals surface area contributed by atoms with Crippen LogP contribution in [0.15, 0.2) is 24.3 Å². The molecule has 0 aliphatic carbocycles. The predicted molar refractivity (Wildman–Crippen MR) is 108 cm³/mol. The van der Waals surface area contributed by atoms with Crippen molar-refractivity contribution >= 4 is 36.8 Å². The smallest absolute Gasteiger partial charge is 0.328 e. The third-order valence-corrected chi connectivity index (χ3v) is 3.72. The number of likely N-dealkylation sites (N-methyl/N-ethyl adjacent to an activating group) is 2. The Labute approximate surface area is 168 Å². The molecule has 2 N–H and O–H groups in total. The molecule has 150 valence electrons. The van der Waals surface area contributed by atoms with Crippen molar-refractivity contribution in [3.8, 4) is 11.5 Å². The number of esters is 2. The number of hydrogen-bond acceptors (Lipinski definition) is 6. The average Bonchev–Trinajstić information content (AvgIpc) is 2.49. The number of benzene rings is 1. The zero-order valence-electron chi connectivity index (χ0n) is 16.1. The lowest BCUT2D eigenvalue weighted by atomic mass is 10.1. The van der Waals surface area contributed by atoms with E-state index in [9.17, 15) is 9.59 Å². The molecule has 6 nitrogen and oxygen atoms in total. The van der Waals surface area contributed by atoms with E-state index in [4.69, 9.17) is 9.47 Å². The summed E-state index contributed by atoms with van der Waals surface area (Å²) in [5.41, 5.74) is 0. The Morgan fingerprint density at radius 1 is 0.731 bits per heavy atom. The minimum absolute atomic E-state index is 0. The first kappa shape index (κ1) is 26.9. The molecular formula is C18H30Cl2N2O4. The van der Waals surface area contributed by atoms with Gasteiger partial charge in [-0.05, 0) is 50.2 Å². The van der Waals surface area contributed by atoms with Crippen molar-refractivity contribution in [1.82, 2.24) is 10.6 Å². The molecule has 0 bridgehead atoms. The molecule has 0 saturated heterocycles. The maximum absolute atomic E-state index is 12.1. The number of nitrogens with one attached hydrogen (secondary N) is 2. The average molecular weight is 409 g/mol. The summed E-state index contributed by atoms with van der Waals surface area (Å²) in [5, 5.41) is 5.88. The summed E-state index contributed by atoms with van der Waals surface area (Å²) in [4.78, 5) is 24.1. The van der Waals surface area contributed by atoms with E-state index in [2.05, 4.69) is 10.6 Å². The quantitative estimate of drug-likeness (QED) is 0.508. The topological polar surface area (TPSA) is 76.7 Å². The molecule has 0 radical (unpaired) electrons. The van der Waals surface area contributed by atoms with Crippen LogP contribution >= 0.6 is 24.8 Å². The fourth-order valence-electron chi connectivity index (χ4n) is 2.38. The first-order chi connectivity index (χ1) is 11.3. The van der Waals surface area contributed by atoms with Crippen molar-refractivity contribution in [2.24, 2.45) is 11.8 Å². The second kappa shape index (κ2) is 12.9. The van der Waals surface area contributed by atoms with E-state index < -0.39 is 0 Å². The van der Waals surface area contributed by atoms with Gasteiger partial charge in [0.05, 0.1) is 0 Å². The molecule has 0 heterocycles. The molecule has 0 spiro atoms. The third kappa shape index (κ3) is 7.91. The minimum atomic E-state index is -0.370. The van der Waals surface area contributed by atoms with Gasteiger partial charge in [0, 0.05) is 0 Å². The van der Waals surface area contributed by atoms with E-state index in [0.717, 1.165) is 0 Å². The molecule has 0 fully saturated rings. The fraction of sp³-hybridized carbons (Fsp3) is 0.556. The van der Waals surface area contributed by atoms with Gasteiger partial charge in [0.25, 0.3) is 0 Å². The second-order valence-corrected chi connectivity index (χ2v) is 6.33. The second-order valence-electron chi connectivity index (χ2n) is 6.33. The molecule has 0 aromatic heterocycles. The summed E-state index contributed by atoms with van der Waals surface area (Å²) in [6, 6.07) is 5.69. The summed E-state index contributed by atoms with van der Waals surface area (Å²) in [5.74, 6) is 0.388. The first-order valence-electron chi connectivity index (χ1n) is 8.18. The van der Waals surface area contributed by atoms with Crippen molar-refractivity contribution in [2.45, 2.75) is 39.8 Å². The highest BCUT2D eigenvalue weighted by molar-refractivity contribution is 5.85. The van der Waals surface area contributed by atoms with Gasteiger partial charge in [0.1, 0.15) is 23.6 Å². The largest absolute Gasteiger partial charge is 0.425 e. The molecule has 0 aliphatic rings. The van der Waals surface area contributed by atoms with Crippen LogP contribution in [0.5, 0.6) is 11.5 Å². The van der Waals surface area contributed by atoms with Gasteiger partial charge in [0.15, 0.2) is 0 Å². The van der Waals surface area contributed by atoms with Gasteiger partial charge >= 0.3 is 11.9 Å². The molecule has 1 rings (SSSR count). The highest BCUT2D eigenvalue weighted by Gasteiger charge is 2.23. The fourth-order valence-corrected chi connectivity index (χ4v) is 2.38. The molecule has 0 amide bonds. The van der Waals surface area contributed by atoms with Crippen LogP contribution in [0.3, 0.4) is 0 Å². The first-order valence-corrected chi connectivity index (χ1v) is 8.18. The Kier molecular flexibility index (Phi) is 13.4. The summed E-state index contributed by atoms with van der Waals surface area (Å²) in [6.07, 6.45) is 0. The number of hydrogen-bond donors (Lipinski definition) is 2. The molecule has 2 unspecified atom stereocenters. The number of ether oxygens (including phenoxy) is 2. The third-order valence-electron chi connectivity index (χ3n) is 3.72. The van der Waals surface area contributed by atoms with Crippen LogP contribution in [0.4, 0.5) is 0 Å². The van der Waals surface area contributed by atoms with E-state index in [0.29, 0.717) is 11.5 Å². The van der Waals surface area contributed by atoms with Gasteiger partial charge in [-0.1, -0.05) is 27.7 Å². The van der Waals surface area contributed by atoms with E-state index in [1.165, 1.54) is 0 Å². The van der Waals surface area contributed by atoms with Crippen LogP contribution in [0.2, 0.25) is 0 Å². The SMILES string of the molecule is CNC(C(=O)Oc1ccc(OC(=O)C(NC)C(C)C)cc1)C(C)C.Cl.Cl. The van der Waals surface area contributed by atoms with E-state index in [-0.39, 0.29) is 60.7 Å². The van der Waals surface area contributed by atoms with Gasteiger partial charge in [-0.3, -0.25) is 0 Å². The predicted octanol–water partition coefficient (Wildman–Crippen LogP) is 2.83. The zero-order valence-corrected chi connectivity index (χ0v) is 17.7. The number of carbonyl (C=O) groups is 2. The Hall–Kier alpha value is -1.34. The molecule has 26 heavy (non-hydrogen) atoms. The van der Waals surface area contributed by atoms with Crippen molar-refractivity contribution in [3.05, 3.63) is 24.3 Å². The van der Waals surface area contributed by atoms with Crippen LogP contribution in [0.25, 0.3) is 0 Å². The monoisotopic (exact) mass is 408 g/mol. The van der Waals surface area contributed by atoms with Crippen molar-refractivity contribution in [3.63, 3.8) is 0 Å². The van der Waals surface area contributed by atoms with Gasteiger partial charge in [-0.15, -0.1) is 24.8 Å². The number of halogens is 2. The van der Waals surface area contributed by atoms with Crippen LogP contribution in [0, 0.1) is 11.8 Å². The summed E-state index contributed by atoms with van der Waals surface area (Å²) in [7, 11) is 3.45. The molecule has 0 aliphatic heterocycles. The van der Waals surface area contributed by atoms with Gasteiger partial charge in [0.2, 0.25) is 0 Å². The van der Waals surface area contributed by atoms with Crippen LogP contribution < -0.4 is 20.1 Å². The Bertz CT molecular complexity index is 502. The highest BCUT2D eigenvalue weighted by Crippen LogP contribution is 2.19. The van der Waals surface area contributed by atoms with Crippen molar-refractivity contribution < 1.29 is 19.1 Å². The Balaban J connectivity index is 0. The highest BCUT2D eigenvalue weighted by atomic mass is 35.5. The molecule has 0 saturated carbocycles. The van der Waals surface area contributed by atoms with E-state index in [1.807, 2.05) is 27.7 Å². The van der Waals surface area contributed by atoms with Gasteiger partial charge in [-0.2, -0.15) is 0 Å². The number of carbonyl (C=O) groups excluding carboxylic acids is 2. The van der Waals surface area contributed by atoms with E-state index in [1.54, 1.807) is 38.4 Å². The molecular weight excluding hydrogens is 379 g/mol. The molecule has 1 aromatic carbocycles. The van der Waals surface area contributed by atoms with E-state index >= 15 is 0 Å². The normalized spacial score (nSPS) is 12.6. The standard InChI is InChI=1S/C18H28N2O4.2ClH/c1-11(2)15(19-5)17(21)23-13-7-9-14(10-8-13)24-18(22)16(20-6)12(3)4;;/h7-12,15-16,19-20H,1-6H3;2*1H. The number of rotatable bonds is 8. The zero-order chi connectivity index (χ0) is 18.3. The molecule has 1 aromatic rings. The lowest BCUT2D eigenvalue weighted by Crippen LogP contribution is -2.41. The summed E-state index contributed by atoms with van der Waals surface area (Å²) >= 11 is 0. The Morgan fingerprint density at radius 3 is 1.19 bits per heavy atom. The van der Waals surface area contributed by atoms with Crippen molar-refractivity contribution in [2.75, 3.05) is 14.1 Å².